The number of nitrogens with zero attached hydrogens (tertiary/aromatic N) is 1. The summed E-state index contributed by atoms with van der Waals surface area (Å²) in [6.45, 7) is 4.22. The van der Waals surface area contributed by atoms with Gasteiger partial charge in [-0.2, -0.15) is 0 Å². The van der Waals surface area contributed by atoms with Gasteiger partial charge in [-0.3, -0.25) is 0 Å². The second-order valence-electron chi connectivity index (χ2n) is 5.40. The number of nitrogens with one attached hydrogen (secondary N) is 1. The molecule has 3 rings (SSSR count). The van der Waals surface area contributed by atoms with Crippen LogP contribution < -0.4 is 4.74 Å². The molecule has 0 unspecified atom stereocenters. The molecule has 5 nitrogen and oxygen atoms in total. The Morgan fingerprint density at radius 1 is 1.22 bits per heavy atom. The molecule has 23 heavy (non-hydrogen) atoms. The van der Waals surface area contributed by atoms with Crippen LogP contribution in [0.5, 0.6) is 5.75 Å². The predicted octanol–water partition coefficient (Wildman–Crippen LogP) is 3.55. The lowest BCUT2D eigenvalue weighted by Crippen LogP contribution is -2.07. The van der Waals surface area contributed by atoms with Crippen LogP contribution in [0.25, 0.3) is 11.0 Å². The summed E-state index contributed by atoms with van der Waals surface area (Å²) in [5, 5.41) is 0. The van der Waals surface area contributed by atoms with Gasteiger partial charge in [0.1, 0.15) is 18.2 Å². The number of aromatic nitrogens is 2. The SMILES string of the molecule is COC(=O)c1ccccc1COc1cc(C)c2nc(C)[nH]c2c1. The molecule has 0 aliphatic carbocycles. The maximum absolute atomic E-state index is 11.8. The first kappa shape index (κ1) is 15.1. The van der Waals surface area contributed by atoms with E-state index in [1.807, 2.05) is 38.1 Å². The molecule has 0 bridgehead atoms. The number of esters is 1. The molecule has 0 atom stereocenters. The molecule has 0 amide bonds. The van der Waals surface area contributed by atoms with Gasteiger partial charge in [0.05, 0.1) is 23.7 Å². The highest BCUT2D eigenvalue weighted by atomic mass is 16.5. The van der Waals surface area contributed by atoms with Gasteiger partial charge in [-0.05, 0) is 31.5 Å². The lowest BCUT2D eigenvalue weighted by Gasteiger charge is -2.10. The van der Waals surface area contributed by atoms with Gasteiger partial charge in [0.25, 0.3) is 0 Å². The Morgan fingerprint density at radius 2 is 2.00 bits per heavy atom. The normalized spacial score (nSPS) is 10.7. The Labute approximate surface area is 134 Å². The highest BCUT2D eigenvalue weighted by Crippen LogP contribution is 2.24. The van der Waals surface area contributed by atoms with Gasteiger partial charge in [-0.1, -0.05) is 18.2 Å². The lowest BCUT2D eigenvalue weighted by atomic mass is 10.1. The Hall–Kier alpha value is -2.82. The first-order chi connectivity index (χ1) is 11.1. The molecule has 1 N–H and O–H groups in total. The van der Waals surface area contributed by atoms with Gasteiger partial charge < -0.3 is 14.5 Å². The molecule has 0 spiro atoms. The second-order valence-corrected chi connectivity index (χ2v) is 5.40. The molecule has 3 aromatic rings. The first-order valence-electron chi connectivity index (χ1n) is 7.34. The number of benzene rings is 2. The van der Waals surface area contributed by atoms with Gasteiger partial charge in [0.15, 0.2) is 0 Å². The van der Waals surface area contributed by atoms with Crippen LogP contribution in [-0.4, -0.2) is 23.0 Å². The molecular weight excluding hydrogens is 292 g/mol. The summed E-state index contributed by atoms with van der Waals surface area (Å²) in [5.74, 6) is 1.25. The van der Waals surface area contributed by atoms with E-state index in [9.17, 15) is 4.79 Å². The molecule has 0 aliphatic rings. The van der Waals surface area contributed by atoms with Crippen LogP contribution in [0, 0.1) is 13.8 Å². The van der Waals surface area contributed by atoms with Gasteiger partial charge in [0.2, 0.25) is 0 Å². The fraction of sp³-hybridized carbons (Fsp3) is 0.222. The van der Waals surface area contributed by atoms with Crippen molar-refractivity contribution in [1.29, 1.82) is 0 Å². The maximum Gasteiger partial charge on any atom is 0.338 e. The van der Waals surface area contributed by atoms with E-state index in [1.54, 1.807) is 12.1 Å². The Kier molecular flexibility index (Phi) is 4.02. The summed E-state index contributed by atoms with van der Waals surface area (Å²) in [5.41, 5.74) is 4.25. The Balaban J connectivity index is 1.85. The van der Waals surface area contributed by atoms with Gasteiger partial charge in [-0.15, -0.1) is 0 Å². The molecule has 0 saturated carbocycles. The Bertz CT molecular complexity index is 868. The van der Waals surface area contributed by atoms with E-state index < -0.39 is 0 Å². The van der Waals surface area contributed by atoms with Gasteiger partial charge in [-0.25, -0.2) is 9.78 Å². The molecule has 118 valence electrons. The minimum Gasteiger partial charge on any atom is -0.489 e. The van der Waals surface area contributed by atoms with Gasteiger partial charge in [0, 0.05) is 11.6 Å². The van der Waals surface area contributed by atoms with Crippen LogP contribution >= 0.6 is 0 Å². The lowest BCUT2D eigenvalue weighted by molar-refractivity contribution is 0.0597. The predicted molar refractivity (Wildman–Crippen MR) is 87.7 cm³/mol. The van der Waals surface area contributed by atoms with Crippen LogP contribution in [0.3, 0.4) is 0 Å². The van der Waals surface area contributed by atoms with Crippen molar-refractivity contribution in [3.05, 3.63) is 58.9 Å². The van der Waals surface area contributed by atoms with E-state index in [-0.39, 0.29) is 5.97 Å². The second kappa shape index (κ2) is 6.12. The third-order valence-corrected chi connectivity index (χ3v) is 3.69. The highest BCUT2D eigenvalue weighted by molar-refractivity contribution is 5.90. The number of carbonyl (C=O) groups excluding carboxylic acids is 1. The minimum absolute atomic E-state index is 0.295. The van der Waals surface area contributed by atoms with Crippen molar-refractivity contribution in [2.45, 2.75) is 20.5 Å². The largest absolute Gasteiger partial charge is 0.489 e. The summed E-state index contributed by atoms with van der Waals surface area (Å²) in [6.07, 6.45) is 0. The first-order valence-corrected chi connectivity index (χ1v) is 7.34. The van der Waals surface area contributed by atoms with E-state index in [2.05, 4.69) is 9.97 Å². The number of imidazole rings is 1. The Morgan fingerprint density at radius 3 is 2.78 bits per heavy atom. The molecule has 1 heterocycles. The summed E-state index contributed by atoms with van der Waals surface area (Å²) in [4.78, 5) is 19.4. The number of aryl methyl sites for hydroxylation is 2. The topological polar surface area (TPSA) is 64.2 Å². The van der Waals surface area contributed by atoms with Crippen molar-refractivity contribution in [3.8, 4) is 5.75 Å². The number of rotatable bonds is 4. The molecule has 0 fully saturated rings. The average Bonchev–Trinajstić information content (AvgIpc) is 2.93. The molecule has 0 aliphatic heterocycles. The third-order valence-electron chi connectivity index (χ3n) is 3.69. The molecule has 2 aromatic carbocycles. The third kappa shape index (κ3) is 3.04. The molecular formula is C18H18N2O3. The van der Waals surface area contributed by atoms with Crippen LogP contribution in [0.15, 0.2) is 36.4 Å². The van der Waals surface area contributed by atoms with Crippen molar-refractivity contribution >= 4 is 17.0 Å². The molecule has 1 aromatic heterocycles. The molecule has 0 saturated heterocycles. The number of hydrogen-bond donors (Lipinski definition) is 1. The number of H-pyrrole nitrogens is 1. The van der Waals surface area contributed by atoms with Crippen molar-refractivity contribution < 1.29 is 14.3 Å². The van der Waals surface area contributed by atoms with Crippen molar-refractivity contribution in [1.82, 2.24) is 9.97 Å². The number of ether oxygens (including phenoxy) is 2. The zero-order chi connectivity index (χ0) is 16.4. The van der Waals surface area contributed by atoms with Crippen molar-refractivity contribution in [3.63, 3.8) is 0 Å². The molecule has 5 heteroatoms. The van der Waals surface area contributed by atoms with E-state index >= 15 is 0 Å². The molecule has 0 radical (unpaired) electrons. The van der Waals surface area contributed by atoms with E-state index in [0.717, 1.165) is 33.7 Å². The van der Waals surface area contributed by atoms with Crippen LogP contribution in [0.1, 0.15) is 27.3 Å². The van der Waals surface area contributed by atoms with Crippen molar-refractivity contribution in [2.75, 3.05) is 7.11 Å². The summed E-state index contributed by atoms with van der Waals surface area (Å²) < 4.78 is 10.7. The highest BCUT2D eigenvalue weighted by Gasteiger charge is 2.12. The number of hydrogen-bond acceptors (Lipinski definition) is 4. The summed E-state index contributed by atoms with van der Waals surface area (Å²) >= 11 is 0. The fourth-order valence-electron chi connectivity index (χ4n) is 2.58. The summed E-state index contributed by atoms with van der Waals surface area (Å²) in [7, 11) is 1.37. The maximum atomic E-state index is 11.8. The standard InChI is InChI=1S/C18H18N2O3/c1-11-8-14(9-16-17(11)20-12(2)19-16)23-10-13-6-4-5-7-15(13)18(21)22-3/h4-9H,10H2,1-3H3,(H,19,20). The van der Waals surface area contributed by atoms with Gasteiger partial charge >= 0.3 is 5.97 Å². The number of methoxy groups -OCH3 is 1. The number of carbonyl (C=O) groups is 1. The smallest absolute Gasteiger partial charge is 0.338 e. The minimum atomic E-state index is -0.361. The van der Waals surface area contributed by atoms with E-state index in [4.69, 9.17) is 9.47 Å². The number of fused-ring (bicyclic) bond motifs is 1. The van der Waals surface area contributed by atoms with Crippen molar-refractivity contribution in [2.24, 2.45) is 0 Å². The summed E-state index contributed by atoms with van der Waals surface area (Å²) in [6, 6.07) is 11.1. The van der Waals surface area contributed by atoms with Crippen LogP contribution in [0.2, 0.25) is 0 Å². The number of aromatic amines is 1. The van der Waals surface area contributed by atoms with E-state index in [1.165, 1.54) is 7.11 Å². The van der Waals surface area contributed by atoms with Crippen LogP contribution in [0.4, 0.5) is 0 Å². The average molecular weight is 310 g/mol. The van der Waals surface area contributed by atoms with Crippen LogP contribution in [-0.2, 0) is 11.3 Å². The quantitative estimate of drug-likeness (QED) is 0.749. The van der Waals surface area contributed by atoms with E-state index in [0.29, 0.717) is 12.2 Å². The zero-order valence-electron chi connectivity index (χ0n) is 13.3. The monoisotopic (exact) mass is 310 g/mol. The fourth-order valence-corrected chi connectivity index (χ4v) is 2.58. The zero-order valence-corrected chi connectivity index (χ0v) is 13.3.